The monoisotopic (exact) mass is 374 g/mol. The van der Waals surface area contributed by atoms with Crippen molar-refractivity contribution in [2.24, 2.45) is 0 Å². The van der Waals surface area contributed by atoms with Crippen molar-refractivity contribution >= 4 is 15.7 Å². The number of aromatic nitrogens is 3. The Morgan fingerprint density at radius 1 is 1.15 bits per heavy atom. The summed E-state index contributed by atoms with van der Waals surface area (Å²) in [7, 11) is -3.77. The predicted octanol–water partition coefficient (Wildman–Crippen LogP) is 3.66. The average Bonchev–Trinajstić information content (AvgIpc) is 3.15. The molecule has 0 aliphatic heterocycles. The molecule has 26 heavy (non-hydrogen) atoms. The van der Waals surface area contributed by atoms with Crippen LogP contribution in [0, 0.1) is 27.7 Å². The Kier molecular flexibility index (Phi) is 4.62. The van der Waals surface area contributed by atoms with Crippen molar-refractivity contribution in [1.29, 1.82) is 0 Å². The van der Waals surface area contributed by atoms with Gasteiger partial charge in [-0.15, -0.1) is 10.2 Å². The highest BCUT2D eigenvalue weighted by Crippen LogP contribution is 2.31. The molecule has 0 saturated carbocycles. The number of H-pyrrole nitrogens is 1. The molecule has 0 aliphatic carbocycles. The number of benzene rings is 1. The fourth-order valence-electron chi connectivity index (χ4n) is 2.89. The van der Waals surface area contributed by atoms with Crippen LogP contribution in [-0.2, 0) is 16.4 Å². The van der Waals surface area contributed by atoms with E-state index in [9.17, 15) is 8.42 Å². The van der Waals surface area contributed by atoms with E-state index in [1.807, 2.05) is 39.0 Å². The molecule has 0 fully saturated rings. The van der Waals surface area contributed by atoms with E-state index in [0.29, 0.717) is 35.0 Å². The van der Waals surface area contributed by atoms with Gasteiger partial charge in [-0.25, -0.2) is 8.42 Å². The first-order valence-corrected chi connectivity index (χ1v) is 9.83. The van der Waals surface area contributed by atoms with E-state index in [2.05, 4.69) is 19.9 Å². The zero-order chi connectivity index (χ0) is 19.1. The Morgan fingerprint density at radius 3 is 2.54 bits per heavy atom. The first kappa shape index (κ1) is 18.2. The standard InChI is InChI=1S/C18H22N4O3S/c1-6-15-20-21-18(25-15)16-12(4)17(13(5)19-16)26(23,24)22-14-9-10(2)7-8-11(14)3/h7-9,19,22H,6H2,1-5H3. The summed E-state index contributed by atoms with van der Waals surface area (Å²) in [5.74, 6) is 0.792. The van der Waals surface area contributed by atoms with Crippen molar-refractivity contribution in [2.45, 2.75) is 45.9 Å². The van der Waals surface area contributed by atoms with Crippen LogP contribution in [0.1, 0.15) is 35.2 Å². The lowest BCUT2D eigenvalue weighted by Gasteiger charge is -2.12. The molecule has 0 spiro atoms. The second kappa shape index (κ2) is 6.60. The van der Waals surface area contributed by atoms with Crippen LogP contribution in [0.4, 0.5) is 5.69 Å². The molecule has 0 bridgehead atoms. The third-order valence-electron chi connectivity index (χ3n) is 4.26. The van der Waals surface area contributed by atoms with Gasteiger partial charge in [0.05, 0.1) is 5.69 Å². The van der Waals surface area contributed by atoms with Crippen LogP contribution in [0.5, 0.6) is 0 Å². The normalized spacial score (nSPS) is 11.7. The van der Waals surface area contributed by atoms with E-state index in [1.165, 1.54) is 0 Å². The SMILES string of the molecule is CCc1nnc(-c2[nH]c(C)c(S(=O)(=O)Nc3cc(C)ccc3C)c2C)o1. The average molecular weight is 374 g/mol. The van der Waals surface area contributed by atoms with Gasteiger partial charge in [0.15, 0.2) is 0 Å². The van der Waals surface area contributed by atoms with Crippen LogP contribution < -0.4 is 4.72 Å². The molecular formula is C18H22N4O3S. The van der Waals surface area contributed by atoms with Crippen LogP contribution in [0.2, 0.25) is 0 Å². The summed E-state index contributed by atoms with van der Waals surface area (Å²) in [5, 5.41) is 7.94. The lowest BCUT2D eigenvalue weighted by atomic mass is 10.1. The molecule has 0 amide bonds. The summed E-state index contributed by atoms with van der Waals surface area (Å²) in [6, 6.07) is 5.65. The maximum absolute atomic E-state index is 13.0. The molecule has 1 aromatic carbocycles. The number of nitrogens with zero attached hydrogens (tertiary/aromatic N) is 2. The number of hydrogen-bond donors (Lipinski definition) is 2. The third-order valence-corrected chi connectivity index (χ3v) is 5.90. The molecule has 7 nitrogen and oxygen atoms in total. The first-order chi connectivity index (χ1) is 12.2. The number of aromatic amines is 1. The smallest absolute Gasteiger partial charge is 0.264 e. The number of nitrogens with one attached hydrogen (secondary N) is 2. The van der Waals surface area contributed by atoms with Gasteiger partial charge >= 0.3 is 0 Å². The van der Waals surface area contributed by atoms with Gasteiger partial charge in [0.25, 0.3) is 15.9 Å². The largest absolute Gasteiger partial charge is 0.419 e. The van der Waals surface area contributed by atoms with Crippen molar-refractivity contribution in [3.8, 4) is 11.6 Å². The molecule has 8 heteroatoms. The number of rotatable bonds is 5. The fourth-order valence-corrected chi connectivity index (χ4v) is 4.46. The molecule has 0 aliphatic rings. The lowest BCUT2D eigenvalue weighted by molar-refractivity contribution is 0.511. The molecule has 2 heterocycles. The molecule has 0 radical (unpaired) electrons. The number of aryl methyl sites for hydroxylation is 4. The summed E-state index contributed by atoms with van der Waals surface area (Å²) in [5.41, 5.74) is 4.00. The summed E-state index contributed by atoms with van der Waals surface area (Å²) >= 11 is 0. The van der Waals surface area contributed by atoms with Gasteiger partial charge in [-0.05, 0) is 44.9 Å². The Balaban J connectivity index is 2.04. The van der Waals surface area contributed by atoms with Gasteiger partial charge in [0.2, 0.25) is 5.89 Å². The predicted molar refractivity (Wildman–Crippen MR) is 99.7 cm³/mol. The Hall–Kier alpha value is -2.61. The quantitative estimate of drug-likeness (QED) is 0.710. The molecule has 138 valence electrons. The van der Waals surface area contributed by atoms with Crippen molar-refractivity contribution in [3.63, 3.8) is 0 Å². The van der Waals surface area contributed by atoms with E-state index in [4.69, 9.17) is 4.42 Å². The van der Waals surface area contributed by atoms with Crippen LogP contribution in [0.15, 0.2) is 27.5 Å². The highest BCUT2D eigenvalue weighted by molar-refractivity contribution is 7.92. The maximum Gasteiger partial charge on any atom is 0.264 e. The van der Waals surface area contributed by atoms with Crippen molar-refractivity contribution in [1.82, 2.24) is 15.2 Å². The van der Waals surface area contributed by atoms with Crippen LogP contribution >= 0.6 is 0 Å². The summed E-state index contributed by atoms with van der Waals surface area (Å²) in [4.78, 5) is 3.27. The van der Waals surface area contributed by atoms with Gasteiger partial charge in [-0.1, -0.05) is 19.1 Å². The maximum atomic E-state index is 13.0. The molecule has 0 saturated heterocycles. The highest BCUT2D eigenvalue weighted by Gasteiger charge is 2.27. The van der Waals surface area contributed by atoms with Crippen molar-refractivity contribution in [3.05, 3.63) is 46.5 Å². The summed E-state index contributed by atoms with van der Waals surface area (Å²) in [6.45, 7) is 9.14. The van der Waals surface area contributed by atoms with Gasteiger partial charge in [0.1, 0.15) is 10.6 Å². The van der Waals surface area contributed by atoms with Crippen molar-refractivity contribution in [2.75, 3.05) is 4.72 Å². The van der Waals surface area contributed by atoms with E-state index < -0.39 is 10.0 Å². The molecule has 2 N–H and O–H groups in total. The summed E-state index contributed by atoms with van der Waals surface area (Å²) < 4.78 is 34.3. The van der Waals surface area contributed by atoms with Gasteiger partial charge < -0.3 is 9.40 Å². The fraction of sp³-hybridized carbons (Fsp3) is 0.333. The van der Waals surface area contributed by atoms with E-state index in [1.54, 1.807) is 13.8 Å². The first-order valence-electron chi connectivity index (χ1n) is 8.35. The molecule has 2 aromatic heterocycles. The number of sulfonamides is 1. The van der Waals surface area contributed by atoms with Crippen molar-refractivity contribution < 1.29 is 12.8 Å². The van der Waals surface area contributed by atoms with Gasteiger partial charge in [0, 0.05) is 17.7 Å². The summed E-state index contributed by atoms with van der Waals surface area (Å²) in [6.07, 6.45) is 0.616. The molecule has 0 atom stereocenters. The van der Waals surface area contributed by atoms with Crippen LogP contribution in [-0.4, -0.2) is 23.6 Å². The van der Waals surface area contributed by atoms with Crippen LogP contribution in [0.3, 0.4) is 0 Å². The topological polar surface area (TPSA) is 101 Å². The minimum atomic E-state index is -3.77. The third kappa shape index (κ3) is 3.24. The number of anilines is 1. The molecule has 3 aromatic rings. The van der Waals surface area contributed by atoms with Crippen LogP contribution in [0.25, 0.3) is 11.6 Å². The second-order valence-corrected chi connectivity index (χ2v) is 7.98. The zero-order valence-corrected chi connectivity index (χ0v) is 16.3. The molecule has 0 unspecified atom stereocenters. The van der Waals surface area contributed by atoms with E-state index >= 15 is 0 Å². The van der Waals surface area contributed by atoms with Gasteiger partial charge in [-0.3, -0.25) is 4.72 Å². The van der Waals surface area contributed by atoms with E-state index in [0.717, 1.165) is 11.1 Å². The lowest BCUT2D eigenvalue weighted by Crippen LogP contribution is -2.15. The molecular weight excluding hydrogens is 352 g/mol. The van der Waals surface area contributed by atoms with E-state index in [-0.39, 0.29) is 10.8 Å². The Bertz CT molecular complexity index is 1060. The Morgan fingerprint density at radius 2 is 1.88 bits per heavy atom. The minimum Gasteiger partial charge on any atom is -0.419 e. The molecule has 3 rings (SSSR count). The zero-order valence-electron chi connectivity index (χ0n) is 15.5. The number of hydrogen-bond acceptors (Lipinski definition) is 5. The van der Waals surface area contributed by atoms with Gasteiger partial charge in [-0.2, -0.15) is 0 Å². The highest BCUT2D eigenvalue weighted by atomic mass is 32.2. The second-order valence-electron chi connectivity index (χ2n) is 6.36. The Labute approximate surface area is 152 Å². The minimum absolute atomic E-state index is 0.199.